The summed E-state index contributed by atoms with van der Waals surface area (Å²) in [5, 5.41) is 4.18. The van der Waals surface area contributed by atoms with Gasteiger partial charge in [0.05, 0.1) is 0 Å². The van der Waals surface area contributed by atoms with Crippen LogP contribution in [-0.2, 0) is 11.2 Å². The minimum atomic E-state index is 0.0524. The van der Waals surface area contributed by atoms with Crippen molar-refractivity contribution in [3.05, 3.63) is 65.9 Å². The van der Waals surface area contributed by atoms with Crippen molar-refractivity contribution < 1.29 is 4.79 Å². The van der Waals surface area contributed by atoms with Crippen LogP contribution in [0.5, 0.6) is 0 Å². The van der Waals surface area contributed by atoms with Gasteiger partial charge in [-0.15, -0.1) is 0 Å². The second-order valence-electron chi connectivity index (χ2n) is 6.34. The van der Waals surface area contributed by atoms with Crippen molar-refractivity contribution >= 4 is 22.5 Å². The van der Waals surface area contributed by atoms with Gasteiger partial charge in [-0.05, 0) is 48.1 Å². The number of carbonyl (C=O) groups is 1. The molecule has 2 N–H and O–H groups in total. The average molecular weight is 320 g/mol. The highest BCUT2D eigenvalue weighted by atomic mass is 16.1. The molecule has 1 atom stereocenters. The third kappa shape index (κ3) is 3.67. The lowest BCUT2D eigenvalue weighted by Gasteiger charge is -2.10. The van der Waals surface area contributed by atoms with Crippen LogP contribution in [0, 0.1) is 0 Å². The highest BCUT2D eigenvalue weighted by molar-refractivity contribution is 5.91. The zero-order valence-corrected chi connectivity index (χ0v) is 14.3. The quantitative estimate of drug-likeness (QED) is 0.640. The van der Waals surface area contributed by atoms with E-state index in [9.17, 15) is 4.79 Å². The van der Waals surface area contributed by atoms with E-state index in [2.05, 4.69) is 48.4 Å². The first-order valence-electron chi connectivity index (χ1n) is 8.62. The third-order valence-electron chi connectivity index (χ3n) is 4.67. The van der Waals surface area contributed by atoms with E-state index >= 15 is 0 Å². The SMILES string of the molecule is CC[C@H](C)c1ccc(NC(=O)CCc2c[nH]c3ccccc23)cc1. The Morgan fingerprint density at radius 1 is 1.12 bits per heavy atom. The van der Waals surface area contributed by atoms with Gasteiger partial charge in [0.15, 0.2) is 0 Å². The van der Waals surface area contributed by atoms with E-state index in [4.69, 9.17) is 0 Å². The van der Waals surface area contributed by atoms with Crippen LogP contribution in [-0.4, -0.2) is 10.9 Å². The summed E-state index contributed by atoms with van der Waals surface area (Å²) in [6, 6.07) is 16.4. The van der Waals surface area contributed by atoms with Crippen LogP contribution >= 0.6 is 0 Å². The van der Waals surface area contributed by atoms with E-state index in [0.29, 0.717) is 12.3 Å². The summed E-state index contributed by atoms with van der Waals surface area (Å²) in [5.74, 6) is 0.605. The fourth-order valence-corrected chi connectivity index (χ4v) is 2.94. The van der Waals surface area contributed by atoms with Gasteiger partial charge in [0, 0.05) is 29.2 Å². The lowest BCUT2D eigenvalue weighted by atomic mass is 9.98. The van der Waals surface area contributed by atoms with Crippen molar-refractivity contribution in [1.29, 1.82) is 0 Å². The molecule has 0 unspecified atom stereocenters. The van der Waals surface area contributed by atoms with Crippen molar-refractivity contribution in [2.75, 3.05) is 5.32 Å². The first kappa shape index (κ1) is 16.3. The Bertz CT molecular complexity index is 817. The maximum absolute atomic E-state index is 12.2. The Hall–Kier alpha value is -2.55. The Balaban J connectivity index is 1.57. The smallest absolute Gasteiger partial charge is 0.224 e. The van der Waals surface area contributed by atoms with E-state index < -0.39 is 0 Å². The number of amides is 1. The van der Waals surface area contributed by atoms with Gasteiger partial charge in [0.2, 0.25) is 5.91 Å². The number of hydrogen-bond acceptors (Lipinski definition) is 1. The summed E-state index contributed by atoms with van der Waals surface area (Å²) in [7, 11) is 0. The van der Waals surface area contributed by atoms with Crippen LogP contribution in [0.3, 0.4) is 0 Å². The number of para-hydroxylation sites is 1. The Morgan fingerprint density at radius 2 is 1.88 bits per heavy atom. The van der Waals surface area contributed by atoms with Gasteiger partial charge in [-0.1, -0.05) is 44.2 Å². The number of benzene rings is 2. The fraction of sp³-hybridized carbons (Fsp3) is 0.286. The van der Waals surface area contributed by atoms with Crippen LogP contribution < -0.4 is 5.32 Å². The number of H-pyrrole nitrogens is 1. The van der Waals surface area contributed by atoms with Gasteiger partial charge in [-0.25, -0.2) is 0 Å². The summed E-state index contributed by atoms with van der Waals surface area (Å²) >= 11 is 0. The molecule has 1 aromatic heterocycles. The number of rotatable bonds is 6. The normalized spacial score (nSPS) is 12.2. The Morgan fingerprint density at radius 3 is 2.62 bits per heavy atom. The van der Waals surface area contributed by atoms with Crippen LogP contribution in [0.2, 0.25) is 0 Å². The first-order chi connectivity index (χ1) is 11.7. The second-order valence-corrected chi connectivity index (χ2v) is 6.34. The molecule has 3 aromatic rings. The molecule has 0 spiro atoms. The molecule has 2 aromatic carbocycles. The minimum Gasteiger partial charge on any atom is -0.361 e. The average Bonchev–Trinajstić information content (AvgIpc) is 3.03. The topological polar surface area (TPSA) is 44.9 Å². The molecule has 1 amide bonds. The standard InChI is InChI=1S/C21H24N2O/c1-3-15(2)16-8-11-18(12-9-16)23-21(24)13-10-17-14-22-20-7-5-4-6-19(17)20/h4-9,11-12,14-15,22H,3,10,13H2,1-2H3,(H,23,24)/t15-/m0/s1. The molecular formula is C21H24N2O. The molecule has 0 fully saturated rings. The Kier molecular flexibility index (Phi) is 4.99. The van der Waals surface area contributed by atoms with Crippen molar-refractivity contribution in [1.82, 2.24) is 4.98 Å². The van der Waals surface area contributed by atoms with E-state index in [-0.39, 0.29) is 5.91 Å². The molecule has 0 aliphatic rings. The fourth-order valence-electron chi connectivity index (χ4n) is 2.94. The maximum atomic E-state index is 12.2. The molecule has 0 aliphatic carbocycles. The Labute approximate surface area is 143 Å². The summed E-state index contributed by atoms with van der Waals surface area (Å²) in [5.41, 5.74) is 4.49. The highest BCUT2D eigenvalue weighted by Gasteiger charge is 2.08. The van der Waals surface area contributed by atoms with Gasteiger partial charge in [0.25, 0.3) is 0 Å². The molecule has 24 heavy (non-hydrogen) atoms. The number of aromatic nitrogens is 1. The van der Waals surface area contributed by atoms with Gasteiger partial charge >= 0.3 is 0 Å². The highest BCUT2D eigenvalue weighted by Crippen LogP contribution is 2.21. The van der Waals surface area contributed by atoms with E-state index in [0.717, 1.165) is 24.0 Å². The summed E-state index contributed by atoms with van der Waals surface area (Å²) in [6.45, 7) is 4.40. The molecule has 0 aliphatic heterocycles. The van der Waals surface area contributed by atoms with Crippen molar-refractivity contribution in [2.24, 2.45) is 0 Å². The molecular weight excluding hydrogens is 296 g/mol. The first-order valence-corrected chi connectivity index (χ1v) is 8.62. The number of hydrogen-bond donors (Lipinski definition) is 2. The number of aromatic amines is 1. The van der Waals surface area contributed by atoms with Gasteiger partial charge in [-0.3, -0.25) is 4.79 Å². The predicted molar refractivity (Wildman–Crippen MR) is 100 cm³/mol. The second kappa shape index (κ2) is 7.35. The molecule has 0 saturated heterocycles. The summed E-state index contributed by atoms with van der Waals surface area (Å²) < 4.78 is 0. The van der Waals surface area contributed by atoms with Gasteiger partial charge < -0.3 is 10.3 Å². The molecule has 0 radical (unpaired) electrons. The number of carbonyl (C=O) groups excluding carboxylic acids is 1. The van der Waals surface area contributed by atoms with Crippen LogP contribution in [0.4, 0.5) is 5.69 Å². The number of anilines is 1. The zero-order valence-electron chi connectivity index (χ0n) is 14.3. The van der Waals surface area contributed by atoms with Gasteiger partial charge in [-0.2, -0.15) is 0 Å². The van der Waals surface area contributed by atoms with Crippen molar-refractivity contribution in [3.8, 4) is 0 Å². The zero-order chi connectivity index (χ0) is 16.9. The molecule has 3 heteroatoms. The maximum Gasteiger partial charge on any atom is 0.224 e. The van der Waals surface area contributed by atoms with Crippen molar-refractivity contribution in [3.63, 3.8) is 0 Å². The molecule has 0 bridgehead atoms. The van der Waals surface area contributed by atoms with E-state index in [1.54, 1.807) is 0 Å². The van der Waals surface area contributed by atoms with Gasteiger partial charge in [0.1, 0.15) is 0 Å². The molecule has 0 saturated carbocycles. The number of nitrogens with one attached hydrogen (secondary N) is 2. The largest absolute Gasteiger partial charge is 0.361 e. The number of aryl methyl sites for hydroxylation is 1. The van der Waals surface area contributed by atoms with E-state index in [1.807, 2.05) is 30.5 Å². The third-order valence-corrected chi connectivity index (χ3v) is 4.67. The summed E-state index contributed by atoms with van der Waals surface area (Å²) in [4.78, 5) is 15.4. The molecule has 124 valence electrons. The monoisotopic (exact) mass is 320 g/mol. The minimum absolute atomic E-state index is 0.0524. The van der Waals surface area contributed by atoms with E-state index in [1.165, 1.54) is 16.5 Å². The molecule has 3 nitrogen and oxygen atoms in total. The van der Waals surface area contributed by atoms with Crippen molar-refractivity contribution in [2.45, 2.75) is 39.0 Å². The lowest BCUT2D eigenvalue weighted by Crippen LogP contribution is -2.12. The van der Waals surface area contributed by atoms with Crippen LogP contribution in [0.15, 0.2) is 54.7 Å². The van der Waals surface area contributed by atoms with Crippen LogP contribution in [0.1, 0.15) is 43.7 Å². The molecule has 1 heterocycles. The predicted octanol–water partition coefficient (Wildman–Crippen LogP) is 5.25. The lowest BCUT2D eigenvalue weighted by molar-refractivity contribution is -0.116. The van der Waals surface area contributed by atoms with Crippen LogP contribution in [0.25, 0.3) is 10.9 Å². The summed E-state index contributed by atoms with van der Waals surface area (Å²) in [6.07, 6.45) is 4.34. The molecule has 3 rings (SSSR count). The number of fused-ring (bicyclic) bond motifs is 1.